The molecule has 126 valence electrons. The first-order valence-electron chi connectivity index (χ1n) is 6.75. The summed E-state index contributed by atoms with van der Waals surface area (Å²) in [5.74, 6) is -0.866. The molecule has 1 aromatic rings. The number of benzene rings is 1. The van der Waals surface area contributed by atoms with Gasteiger partial charge in [0.25, 0.3) is 0 Å². The summed E-state index contributed by atoms with van der Waals surface area (Å²) in [4.78, 5) is 28.9. The van der Waals surface area contributed by atoms with Crippen LogP contribution in [0.3, 0.4) is 0 Å². The first-order chi connectivity index (χ1) is 10.7. The van der Waals surface area contributed by atoms with Crippen molar-refractivity contribution in [2.75, 3.05) is 0 Å². The molecule has 0 fully saturated rings. The predicted molar refractivity (Wildman–Crippen MR) is 78.9 cm³/mol. The average Bonchev–Trinajstić information content (AvgIpc) is 2.43. The van der Waals surface area contributed by atoms with Crippen LogP contribution in [0, 0.1) is 6.92 Å². The van der Waals surface area contributed by atoms with Crippen LogP contribution < -0.4 is 4.74 Å². The Balaban J connectivity index is 2.22. The van der Waals surface area contributed by atoms with Crippen LogP contribution in [0.25, 0.3) is 0 Å². The Labute approximate surface area is 132 Å². The van der Waals surface area contributed by atoms with Crippen molar-refractivity contribution in [3.8, 4) is 5.75 Å². The maximum atomic E-state index is 11.2. The fourth-order valence-corrected chi connectivity index (χ4v) is 2.73. The summed E-state index contributed by atoms with van der Waals surface area (Å²) in [5, 5.41) is 19.3. The predicted octanol–water partition coefficient (Wildman–Crippen LogP) is 0.996. The maximum absolute atomic E-state index is 11.2. The Morgan fingerprint density at radius 1 is 1.26 bits per heavy atom. The van der Waals surface area contributed by atoms with Crippen molar-refractivity contribution in [3.05, 3.63) is 41.5 Å². The van der Waals surface area contributed by atoms with Crippen molar-refractivity contribution >= 4 is 13.8 Å². The lowest BCUT2D eigenvalue weighted by Crippen LogP contribution is -2.45. The molecule has 0 bridgehead atoms. The first-order valence-corrected chi connectivity index (χ1v) is 8.28. The number of aliphatic hydroxyl groups excluding tert-OH is 1. The highest BCUT2D eigenvalue weighted by Crippen LogP contribution is 2.41. The van der Waals surface area contributed by atoms with Gasteiger partial charge in [0, 0.05) is 12.0 Å². The number of carboxylic acids is 1. The molecule has 2 rings (SSSR count). The topological polar surface area (TPSA) is 134 Å². The molecule has 23 heavy (non-hydrogen) atoms. The second-order valence-electron chi connectivity index (χ2n) is 5.22. The van der Waals surface area contributed by atoms with E-state index in [4.69, 9.17) is 19.6 Å². The van der Waals surface area contributed by atoms with Gasteiger partial charge in [0.1, 0.15) is 24.1 Å². The fourth-order valence-electron chi connectivity index (χ4n) is 2.23. The minimum Gasteiger partial charge on any atom is -0.487 e. The van der Waals surface area contributed by atoms with Gasteiger partial charge < -0.3 is 24.7 Å². The molecule has 0 saturated heterocycles. The van der Waals surface area contributed by atoms with E-state index in [2.05, 4.69) is 4.52 Å². The lowest BCUT2D eigenvalue weighted by atomic mass is 9.92. The number of carboxylic acid groups (broad SMARTS) is 1. The third kappa shape index (κ3) is 4.89. The van der Waals surface area contributed by atoms with Gasteiger partial charge >= 0.3 is 13.8 Å². The van der Waals surface area contributed by atoms with Crippen LogP contribution in [-0.4, -0.2) is 44.3 Å². The van der Waals surface area contributed by atoms with Crippen LogP contribution in [0.5, 0.6) is 5.75 Å². The number of hydrogen-bond donors (Lipinski definition) is 4. The molecule has 0 amide bonds. The Bertz CT molecular complexity index is 647. The van der Waals surface area contributed by atoms with Crippen LogP contribution in [-0.2, 0) is 13.9 Å². The molecule has 3 atom stereocenters. The lowest BCUT2D eigenvalue weighted by Gasteiger charge is -2.32. The molecule has 0 aliphatic heterocycles. The van der Waals surface area contributed by atoms with Gasteiger partial charge in [-0.15, -0.1) is 0 Å². The summed E-state index contributed by atoms with van der Waals surface area (Å²) < 4.78 is 21.0. The highest BCUT2D eigenvalue weighted by atomic mass is 31.2. The van der Waals surface area contributed by atoms with E-state index in [1.54, 1.807) is 24.3 Å². The zero-order chi connectivity index (χ0) is 17.2. The Morgan fingerprint density at radius 3 is 2.39 bits per heavy atom. The number of ether oxygens (including phenoxy) is 1. The monoisotopic (exact) mass is 344 g/mol. The number of carbonyl (C=O) groups is 1. The quantitative estimate of drug-likeness (QED) is 0.581. The van der Waals surface area contributed by atoms with E-state index in [0.717, 1.165) is 11.6 Å². The largest absolute Gasteiger partial charge is 0.487 e. The molecule has 0 spiro atoms. The van der Waals surface area contributed by atoms with Gasteiger partial charge in [0.2, 0.25) is 0 Å². The number of aryl methyl sites for hydroxylation is 1. The van der Waals surface area contributed by atoms with Gasteiger partial charge in [-0.25, -0.2) is 9.36 Å². The minimum atomic E-state index is -4.90. The molecular weight excluding hydrogens is 327 g/mol. The molecule has 3 unspecified atom stereocenters. The van der Waals surface area contributed by atoms with E-state index in [-0.39, 0.29) is 12.0 Å². The molecule has 0 aromatic heterocycles. The fraction of sp³-hybridized carbons (Fsp3) is 0.357. The summed E-state index contributed by atoms with van der Waals surface area (Å²) in [5.41, 5.74) is 0.848. The van der Waals surface area contributed by atoms with Crippen LogP contribution in [0.4, 0.5) is 0 Å². The maximum Gasteiger partial charge on any atom is 0.470 e. The van der Waals surface area contributed by atoms with E-state index in [1.807, 2.05) is 6.92 Å². The van der Waals surface area contributed by atoms with Crippen molar-refractivity contribution in [3.63, 3.8) is 0 Å². The van der Waals surface area contributed by atoms with Crippen LogP contribution in [0.2, 0.25) is 0 Å². The third-order valence-corrected chi connectivity index (χ3v) is 3.86. The van der Waals surface area contributed by atoms with Gasteiger partial charge in [0.15, 0.2) is 0 Å². The van der Waals surface area contributed by atoms with E-state index in [1.165, 1.54) is 0 Å². The van der Waals surface area contributed by atoms with E-state index in [0.29, 0.717) is 5.75 Å². The van der Waals surface area contributed by atoms with Crippen molar-refractivity contribution < 1.29 is 38.6 Å². The Hall–Kier alpha value is -1.70. The minimum absolute atomic E-state index is 0.120. The molecule has 0 radical (unpaired) electrons. The van der Waals surface area contributed by atoms with Gasteiger partial charge in [0.05, 0.1) is 0 Å². The molecule has 4 N–H and O–H groups in total. The highest BCUT2D eigenvalue weighted by Gasteiger charge is 2.39. The Kier molecular flexibility index (Phi) is 5.23. The third-order valence-electron chi connectivity index (χ3n) is 3.35. The summed E-state index contributed by atoms with van der Waals surface area (Å²) in [6.45, 7) is 1.88. The molecule has 0 heterocycles. The SMILES string of the molecule is Cc1ccc(OC2CC(C(=O)O)=CC(OP(=O)(O)O)C2O)cc1. The average molecular weight is 344 g/mol. The van der Waals surface area contributed by atoms with Gasteiger partial charge in [-0.3, -0.25) is 4.52 Å². The highest BCUT2D eigenvalue weighted by molar-refractivity contribution is 7.46. The molecule has 9 heteroatoms. The molecule has 1 aliphatic carbocycles. The summed E-state index contributed by atoms with van der Waals surface area (Å²) >= 11 is 0. The van der Waals surface area contributed by atoms with E-state index >= 15 is 0 Å². The second kappa shape index (κ2) is 6.82. The van der Waals surface area contributed by atoms with Gasteiger partial charge in [-0.1, -0.05) is 17.7 Å². The number of aliphatic carboxylic acids is 1. The standard InChI is InChI=1S/C14H17O8P/c1-8-2-4-10(5-3-8)21-11-6-9(14(16)17)7-12(13(11)15)22-23(18,19)20/h2-5,7,11-13,15H,6H2,1H3,(H,16,17)(H2,18,19,20). The lowest BCUT2D eigenvalue weighted by molar-refractivity contribution is -0.134. The summed E-state index contributed by atoms with van der Waals surface area (Å²) in [6, 6.07) is 6.86. The summed E-state index contributed by atoms with van der Waals surface area (Å²) in [6.07, 6.45) is -3.05. The van der Waals surface area contributed by atoms with Crippen molar-refractivity contribution in [1.82, 2.24) is 0 Å². The Morgan fingerprint density at radius 2 is 1.87 bits per heavy atom. The van der Waals surface area contributed by atoms with Crippen LogP contribution >= 0.6 is 7.82 Å². The number of phosphoric ester groups is 1. The number of aliphatic hydroxyl groups is 1. The van der Waals surface area contributed by atoms with Gasteiger partial charge in [-0.05, 0) is 25.1 Å². The summed E-state index contributed by atoms with van der Waals surface area (Å²) in [7, 11) is -4.90. The molecule has 8 nitrogen and oxygen atoms in total. The van der Waals surface area contributed by atoms with E-state index < -0.39 is 32.1 Å². The van der Waals surface area contributed by atoms with Crippen molar-refractivity contribution in [2.45, 2.75) is 31.7 Å². The normalized spacial score (nSPS) is 24.9. The zero-order valence-corrected chi connectivity index (χ0v) is 13.1. The second-order valence-corrected chi connectivity index (χ2v) is 6.41. The molecular formula is C14H17O8P. The molecule has 0 saturated carbocycles. The number of hydrogen-bond acceptors (Lipinski definition) is 5. The van der Waals surface area contributed by atoms with E-state index in [9.17, 15) is 14.5 Å². The van der Waals surface area contributed by atoms with Crippen LogP contribution in [0.1, 0.15) is 12.0 Å². The first kappa shape index (κ1) is 17.7. The van der Waals surface area contributed by atoms with Gasteiger partial charge in [-0.2, -0.15) is 0 Å². The molecule has 1 aliphatic rings. The van der Waals surface area contributed by atoms with Crippen LogP contribution in [0.15, 0.2) is 35.9 Å². The number of phosphoric acid groups is 1. The van der Waals surface area contributed by atoms with Crippen molar-refractivity contribution in [2.24, 2.45) is 0 Å². The smallest absolute Gasteiger partial charge is 0.470 e. The number of rotatable bonds is 5. The zero-order valence-electron chi connectivity index (χ0n) is 12.2. The molecule has 1 aromatic carbocycles. The van der Waals surface area contributed by atoms with Crippen molar-refractivity contribution in [1.29, 1.82) is 0 Å².